The topological polar surface area (TPSA) is 81.2 Å². The van der Waals surface area contributed by atoms with Gasteiger partial charge in [-0.1, -0.05) is 24.3 Å². The summed E-state index contributed by atoms with van der Waals surface area (Å²) in [5.74, 6) is 2.63. The molecule has 132 valence electrons. The summed E-state index contributed by atoms with van der Waals surface area (Å²) >= 11 is 0. The van der Waals surface area contributed by atoms with Gasteiger partial charge in [-0.05, 0) is 42.7 Å². The van der Waals surface area contributed by atoms with E-state index in [-0.39, 0.29) is 6.79 Å². The van der Waals surface area contributed by atoms with Crippen LogP contribution < -0.4 is 20.1 Å². The fraction of sp³-hybridized carbons (Fsp3) is 0.211. The molecule has 1 aromatic heterocycles. The lowest BCUT2D eigenvalue weighted by Gasteiger charge is -2.12. The summed E-state index contributed by atoms with van der Waals surface area (Å²) in [6, 6.07) is 12.0. The van der Waals surface area contributed by atoms with E-state index >= 15 is 0 Å². The molecule has 0 amide bonds. The molecule has 0 atom stereocenters. The van der Waals surface area contributed by atoms with Crippen molar-refractivity contribution in [2.24, 2.45) is 0 Å². The fourth-order valence-electron chi connectivity index (χ4n) is 2.81. The van der Waals surface area contributed by atoms with Crippen LogP contribution in [0.15, 0.2) is 42.6 Å². The van der Waals surface area contributed by atoms with Crippen LogP contribution in [0.2, 0.25) is 0 Å². The van der Waals surface area contributed by atoms with Gasteiger partial charge in [0, 0.05) is 12.2 Å². The van der Waals surface area contributed by atoms with Crippen LogP contribution in [0.25, 0.3) is 0 Å². The molecule has 2 N–H and O–H groups in total. The Bertz CT molecular complexity index is 925. The monoisotopic (exact) mass is 349 g/mol. The standard InChI is InChI=1S/C19H19N5O2/c1-12-4-3-5-13(2)18(12)22-17-10-21-24-19(23-17)20-9-14-6-7-15-16(8-14)26-11-25-15/h3-8,10H,9,11H2,1-2H3,(H2,20,22,23,24). The molecule has 0 fully saturated rings. The number of aryl methyl sites for hydroxylation is 2. The van der Waals surface area contributed by atoms with E-state index in [9.17, 15) is 0 Å². The second kappa shape index (κ2) is 6.87. The van der Waals surface area contributed by atoms with Crippen molar-refractivity contribution < 1.29 is 9.47 Å². The lowest BCUT2D eigenvalue weighted by Crippen LogP contribution is -2.07. The summed E-state index contributed by atoms with van der Waals surface area (Å²) in [7, 11) is 0. The van der Waals surface area contributed by atoms with Crippen molar-refractivity contribution in [3.05, 3.63) is 59.3 Å². The van der Waals surface area contributed by atoms with Gasteiger partial charge in [-0.25, -0.2) is 0 Å². The quantitative estimate of drug-likeness (QED) is 0.729. The van der Waals surface area contributed by atoms with Crippen LogP contribution in [-0.2, 0) is 6.54 Å². The Morgan fingerprint density at radius 2 is 1.85 bits per heavy atom. The zero-order chi connectivity index (χ0) is 17.9. The number of fused-ring (bicyclic) bond motifs is 1. The Morgan fingerprint density at radius 1 is 1.04 bits per heavy atom. The van der Waals surface area contributed by atoms with Crippen molar-refractivity contribution >= 4 is 17.5 Å². The molecular weight excluding hydrogens is 330 g/mol. The van der Waals surface area contributed by atoms with Crippen molar-refractivity contribution in [2.45, 2.75) is 20.4 Å². The zero-order valence-corrected chi connectivity index (χ0v) is 14.6. The molecule has 0 saturated carbocycles. The summed E-state index contributed by atoms with van der Waals surface area (Å²) in [5.41, 5.74) is 4.39. The largest absolute Gasteiger partial charge is 0.454 e. The summed E-state index contributed by atoms with van der Waals surface area (Å²) in [4.78, 5) is 4.49. The second-order valence-electron chi connectivity index (χ2n) is 6.10. The number of nitrogens with zero attached hydrogens (tertiary/aromatic N) is 3. The van der Waals surface area contributed by atoms with Crippen LogP contribution in [0.1, 0.15) is 16.7 Å². The summed E-state index contributed by atoms with van der Waals surface area (Å²) < 4.78 is 10.7. The predicted molar refractivity (Wildman–Crippen MR) is 98.9 cm³/mol. The maximum Gasteiger partial charge on any atom is 0.244 e. The van der Waals surface area contributed by atoms with E-state index < -0.39 is 0 Å². The van der Waals surface area contributed by atoms with E-state index in [2.05, 4.69) is 51.8 Å². The molecule has 3 aromatic rings. The number of rotatable bonds is 5. The fourth-order valence-corrected chi connectivity index (χ4v) is 2.81. The molecule has 0 saturated heterocycles. The van der Waals surface area contributed by atoms with Crippen molar-refractivity contribution in [3.63, 3.8) is 0 Å². The van der Waals surface area contributed by atoms with Gasteiger partial charge < -0.3 is 20.1 Å². The maximum atomic E-state index is 5.40. The summed E-state index contributed by atoms with van der Waals surface area (Å²) in [6.45, 7) is 4.95. The average molecular weight is 349 g/mol. The molecule has 0 spiro atoms. The smallest absolute Gasteiger partial charge is 0.244 e. The molecule has 0 radical (unpaired) electrons. The van der Waals surface area contributed by atoms with Crippen LogP contribution >= 0.6 is 0 Å². The Hall–Kier alpha value is -3.35. The van der Waals surface area contributed by atoms with Crippen LogP contribution in [0.4, 0.5) is 17.5 Å². The van der Waals surface area contributed by atoms with E-state index in [4.69, 9.17) is 9.47 Å². The minimum atomic E-state index is 0.269. The lowest BCUT2D eigenvalue weighted by molar-refractivity contribution is 0.174. The van der Waals surface area contributed by atoms with Crippen LogP contribution in [-0.4, -0.2) is 22.0 Å². The Balaban J connectivity index is 1.46. The van der Waals surface area contributed by atoms with Gasteiger partial charge in [-0.3, -0.25) is 0 Å². The number of ether oxygens (including phenoxy) is 2. The van der Waals surface area contributed by atoms with Crippen molar-refractivity contribution in [3.8, 4) is 11.5 Å². The predicted octanol–water partition coefficient (Wildman–Crippen LogP) is 3.57. The van der Waals surface area contributed by atoms with E-state index in [1.54, 1.807) is 6.20 Å². The SMILES string of the molecule is Cc1cccc(C)c1Nc1cnnc(NCc2ccc3c(c2)OCO3)n1. The molecule has 2 heterocycles. The normalized spacial score (nSPS) is 12.1. The number of aromatic nitrogens is 3. The first-order valence-electron chi connectivity index (χ1n) is 8.34. The van der Waals surface area contributed by atoms with Gasteiger partial charge in [-0.15, -0.1) is 5.10 Å². The van der Waals surface area contributed by atoms with Crippen molar-refractivity contribution in [2.75, 3.05) is 17.4 Å². The molecule has 1 aliphatic rings. The van der Waals surface area contributed by atoms with Crippen molar-refractivity contribution in [1.82, 2.24) is 15.2 Å². The molecule has 7 heteroatoms. The van der Waals surface area contributed by atoms with Crippen LogP contribution in [0.5, 0.6) is 11.5 Å². The van der Waals surface area contributed by atoms with E-state index in [0.29, 0.717) is 18.3 Å². The minimum absolute atomic E-state index is 0.269. The van der Waals surface area contributed by atoms with E-state index in [1.807, 2.05) is 24.3 Å². The van der Waals surface area contributed by atoms with E-state index in [1.165, 1.54) is 0 Å². The highest BCUT2D eigenvalue weighted by molar-refractivity contribution is 5.64. The molecule has 1 aliphatic heterocycles. The molecule has 4 rings (SSSR count). The molecule has 26 heavy (non-hydrogen) atoms. The first-order chi connectivity index (χ1) is 12.7. The van der Waals surface area contributed by atoms with Gasteiger partial charge >= 0.3 is 0 Å². The average Bonchev–Trinajstić information content (AvgIpc) is 3.11. The van der Waals surface area contributed by atoms with Crippen LogP contribution in [0.3, 0.4) is 0 Å². The molecule has 7 nitrogen and oxygen atoms in total. The Morgan fingerprint density at radius 3 is 2.69 bits per heavy atom. The highest BCUT2D eigenvalue weighted by atomic mass is 16.7. The number of hydrogen-bond donors (Lipinski definition) is 2. The van der Waals surface area contributed by atoms with Gasteiger partial charge in [0.1, 0.15) is 0 Å². The maximum absolute atomic E-state index is 5.40. The summed E-state index contributed by atoms with van der Waals surface area (Å²) in [6.07, 6.45) is 1.61. The number of nitrogens with one attached hydrogen (secondary N) is 2. The third-order valence-electron chi connectivity index (χ3n) is 4.18. The first kappa shape index (κ1) is 16.1. The van der Waals surface area contributed by atoms with Gasteiger partial charge in [-0.2, -0.15) is 10.1 Å². The number of para-hydroxylation sites is 1. The molecule has 0 bridgehead atoms. The molecule has 0 aliphatic carbocycles. The highest BCUT2D eigenvalue weighted by Crippen LogP contribution is 2.32. The number of anilines is 3. The number of hydrogen-bond acceptors (Lipinski definition) is 7. The Labute approximate surface area is 151 Å². The zero-order valence-electron chi connectivity index (χ0n) is 14.6. The first-order valence-corrected chi connectivity index (χ1v) is 8.34. The highest BCUT2D eigenvalue weighted by Gasteiger charge is 2.13. The summed E-state index contributed by atoms with van der Waals surface area (Å²) in [5, 5.41) is 14.6. The van der Waals surface area contributed by atoms with Gasteiger partial charge in [0.15, 0.2) is 17.3 Å². The molecular formula is C19H19N5O2. The van der Waals surface area contributed by atoms with Gasteiger partial charge in [0.05, 0.1) is 6.20 Å². The van der Waals surface area contributed by atoms with Crippen molar-refractivity contribution in [1.29, 1.82) is 0 Å². The van der Waals surface area contributed by atoms with Gasteiger partial charge in [0.2, 0.25) is 12.7 Å². The minimum Gasteiger partial charge on any atom is -0.454 e. The molecule has 2 aromatic carbocycles. The second-order valence-corrected chi connectivity index (χ2v) is 6.10. The molecule has 0 unspecified atom stereocenters. The third-order valence-corrected chi connectivity index (χ3v) is 4.18. The number of benzene rings is 2. The third kappa shape index (κ3) is 3.37. The van der Waals surface area contributed by atoms with Crippen LogP contribution in [0, 0.1) is 13.8 Å². The van der Waals surface area contributed by atoms with E-state index in [0.717, 1.165) is 33.9 Å². The Kier molecular flexibility index (Phi) is 4.27. The van der Waals surface area contributed by atoms with Gasteiger partial charge in [0.25, 0.3) is 0 Å². The lowest BCUT2D eigenvalue weighted by atomic mass is 10.1.